The number of benzene rings is 1. The summed E-state index contributed by atoms with van der Waals surface area (Å²) < 4.78 is 0. The van der Waals surface area contributed by atoms with Crippen molar-refractivity contribution < 1.29 is 5.11 Å². The fourth-order valence-electron chi connectivity index (χ4n) is 3.08. The maximum Gasteiger partial charge on any atom is 0.137 e. The van der Waals surface area contributed by atoms with Crippen LogP contribution in [-0.2, 0) is 5.60 Å². The van der Waals surface area contributed by atoms with Crippen LogP contribution in [0.2, 0.25) is 0 Å². The van der Waals surface area contributed by atoms with Gasteiger partial charge in [-0.05, 0) is 55.0 Å². The summed E-state index contributed by atoms with van der Waals surface area (Å²) in [5.74, 6) is 0. The summed E-state index contributed by atoms with van der Waals surface area (Å²) in [5, 5.41) is 11.7. The van der Waals surface area contributed by atoms with E-state index in [0.29, 0.717) is 0 Å². The van der Waals surface area contributed by atoms with Gasteiger partial charge in [0.05, 0.1) is 5.60 Å². The highest BCUT2D eigenvalue weighted by Gasteiger charge is 2.36. The topological polar surface area (TPSA) is 48.9 Å². The van der Waals surface area contributed by atoms with E-state index in [1.807, 2.05) is 24.5 Å². The number of hydrogen-bond acceptors (Lipinski definition) is 2. The Morgan fingerprint density at radius 2 is 2.05 bits per heavy atom. The first-order valence-corrected chi connectivity index (χ1v) is 7.43. The van der Waals surface area contributed by atoms with Crippen LogP contribution in [0.4, 0.5) is 0 Å². The number of pyridine rings is 1. The molecule has 0 radical (unpaired) electrons. The van der Waals surface area contributed by atoms with Crippen molar-refractivity contribution in [1.29, 1.82) is 0 Å². The molecule has 0 aliphatic heterocycles. The Hall–Kier alpha value is -2.13. The molecule has 2 heterocycles. The number of rotatable bonds is 2. The third kappa shape index (κ3) is 1.96. The number of hydrogen-bond donors (Lipinski definition) is 2. The smallest absolute Gasteiger partial charge is 0.137 e. The Bertz CT molecular complexity index is 815. The van der Waals surface area contributed by atoms with Gasteiger partial charge in [-0.15, -0.1) is 0 Å². The lowest BCUT2D eigenvalue weighted by molar-refractivity contribution is -0.0387. The van der Waals surface area contributed by atoms with E-state index in [9.17, 15) is 5.11 Å². The second-order valence-electron chi connectivity index (χ2n) is 6.06. The van der Waals surface area contributed by atoms with E-state index in [1.54, 1.807) is 0 Å². The molecular formula is C18H18N2O. The van der Waals surface area contributed by atoms with Crippen LogP contribution in [0.25, 0.3) is 22.2 Å². The minimum absolute atomic E-state index is 0.614. The van der Waals surface area contributed by atoms with Gasteiger partial charge >= 0.3 is 0 Å². The summed E-state index contributed by atoms with van der Waals surface area (Å²) in [6.07, 6.45) is 6.71. The fraction of sp³-hybridized carbons (Fsp3) is 0.278. The maximum absolute atomic E-state index is 10.5. The number of H-pyrrole nitrogens is 1. The van der Waals surface area contributed by atoms with E-state index in [1.165, 1.54) is 5.56 Å². The summed E-state index contributed by atoms with van der Waals surface area (Å²) >= 11 is 0. The van der Waals surface area contributed by atoms with Crippen molar-refractivity contribution in [3.63, 3.8) is 0 Å². The number of aliphatic hydroxyl groups is 1. The largest absolute Gasteiger partial charge is 0.385 e. The van der Waals surface area contributed by atoms with Gasteiger partial charge in [-0.1, -0.05) is 18.2 Å². The molecule has 4 rings (SSSR count). The Kier molecular flexibility index (Phi) is 2.66. The molecule has 1 aromatic carbocycles. The first-order valence-electron chi connectivity index (χ1n) is 7.43. The second-order valence-corrected chi connectivity index (χ2v) is 6.06. The van der Waals surface area contributed by atoms with E-state index in [0.717, 1.165) is 47.0 Å². The van der Waals surface area contributed by atoms with Crippen LogP contribution in [0, 0.1) is 6.92 Å². The van der Waals surface area contributed by atoms with E-state index in [2.05, 4.69) is 35.1 Å². The van der Waals surface area contributed by atoms with Crippen molar-refractivity contribution in [2.45, 2.75) is 31.8 Å². The normalized spacial score (nSPS) is 16.9. The van der Waals surface area contributed by atoms with Crippen molar-refractivity contribution in [1.82, 2.24) is 9.97 Å². The lowest BCUT2D eigenvalue weighted by atomic mass is 9.75. The average Bonchev–Trinajstić information content (AvgIpc) is 2.86. The third-order valence-electron chi connectivity index (χ3n) is 4.65. The molecule has 106 valence electrons. The molecule has 3 nitrogen and oxygen atoms in total. The van der Waals surface area contributed by atoms with Crippen LogP contribution in [0.1, 0.15) is 30.4 Å². The average molecular weight is 278 g/mol. The molecule has 0 bridgehead atoms. The van der Waals surface area contributed by atoms with E-state index >= 15 is 0 Å². The van der Waals surface area contributed by atoms with Gasteiger partial charge in [0.15, 0.2) is 0 Å². The summed E-state index contributed by atoms with van der Waals surface area (Å²) in [4.78, 5) is 7.66. The predicted molar refractivity (Wildman–Crippen MR) is 84.0 cm³/mol. The number of nitrogens with one attached hydrogen (secondary N) is 1. The molecule has 3 aromatic rings. The van der Waals surface area contributed by atoms with Crippen LogP contribution < -0.4 is 0 Å². The lowest BCUT2D eigenvalue weighted by Gasteiger charge is -2.37. The Labute approximate surface area is 123 Å². The molecule has 3 heteroatoms. The van der Waals surface area contributed by atoms with Crippen molar-refractivity contribution in [3.8, 4) is 11.1 Å². The minimum Gasteiger partial charge on any atom is -0.385 e. The molecule has 21 heavy (non-hydrogen) atoms. The van der Waals surface area contributed by atoms with Gasteiger partial charge in [0.25, 0.3) is 0 Å². The molecule has 0 saturated heterocycles. The zero-order chi connectivity index (χ0) is 14.4. The first kappa shape index (κ1) is 12.6. The molecule has 1 saturated carbocycles. The Morgan fingerprint density at radius 1 is 1.19 bits per heavy atom. The molecule has 0 unspecified atom stereocenters. The summed E-state index contributed by atoms with van der Waals surface area (Å²) in [7, 11) is 0. The van der Waals surface area contributed by atoms with Gasteiger partial charge in [-0.3, -0.25) is 0 Å². The van der Waals surface area contributed by atoms with Gasteiger partial charge in [0.2, 0.25) is 0 Å². The van der Waals surface area contributed by atoms with Gasteiger partial charge in [0, 0.05) is 23.3 Å². The van der Waals surface area contributed by atoms with Crippen molar-refractivity contribution >= 4 is 11.0 Å². The quantitative estimate of drug-likeness (QED) is 0.746. The molecule has 2 aromatic heterocycles. The standard InChI is InChI=1S/C18H18N2O/c1-12-10-19-17-16(12)9-14(11-20-17)13-4-2-5-15(8-13)18(21)6-3-7-18/h2,4-5,8-11,21H,3,6-7H2,1H3,(H,19,20). The van der Waals surface area contributed by atoms with Gasteiger partial charge in [-0.2, -0.15) is 0 Å². The summed E-state index contributed by atoms with van der Waals surface area (Å²) in [5.41, 5.74) is 4.74. The number of nitrogens with zero attached hydrogens (tertiary/aromatic N) is 1. The highest BCUT2D eigenvalue weighted by Crippen LogP contribution is 2.42. The minimum atomic E-state index is -0.614. The maximum atomic E-state index is 10.5. The molecule has 0 amide bonds. The van der Waals surface area contributed by atoms with Gasteiger partial charge in [0.1, 0.15) is 5.65 Å². The van der Waals surface area contributed by atoms with Gasteiger partial charge in [-0.25, -0.2) is 4.98 Å². The number of aryl methyl sites for hydroxylation is 1. The van der Waals surface area contributed by atoms with E-state index in [4.69, 9.17) is 0 Å². The molecule has 1 fully saturated rings. The highest BCUT2D eigenvalue weighted by atomic mass is 16.3. The Balaban J connectivity index is 1.80. The fourth-order valence-corrected chi connectivity index (χ4v) is 3.08. The molecule has 1 aliphatic rings. The van der Waals surface area contributed by atoms with Crippen LogP contribution in [0.5, 0.6) is 0 Å². The van der Waals surface area contributed by atoms with E-state index < -0.39 is 5.60 Å². The van der Waals surface area contributed by atoms with Gasteiger partial charge < -0.3 is 10.1 Å². The second kappa shape index (κ2) is 4.43. The third-order valence-corrected chi connectivity index (χ3v) is 4.65. The van der Waals surface area contributed by atoms with Crippen LogP contribution in [-0.4, -0.2) is 15.1 Å². The first-order chi connectivity index (χ1) is 10.2. The van der Waals surface area contributed by atoms with Crippen molar-refractivity contribution in [3.05, 3.63) is 53.9 Å². The van der Waals surface area contributed by atoms with Crippen LogP contribution in [0.3, 0.4) is 0 Å². The zero-order valence-electron chi connectivity index (χ0n) is 12.1. The highest BCUT2D eigenvalue weighted by molar-refractivity contribution is 5.84. The van der Waals surface area contributed by atoms with E-state index in [-0.39, 0.29) is 0 Å². The zero-order valence-corrected chi connectivity index (χ0v) is 12.1. The van der Waals surface area contributed by atoms with Crippen LogP contribution >= 0.6 is 0 Å². The predicted octanol–water partition coefficient (Wildman–Crippen LogP) is 3.91. The number of fused-ring (bicyclic) bond motifs is 1. The van der Waals surface area contributed by atoms with Crippen molar-refractivity contribution in [2.75, 3.05) is 0 Å². The van der Waals surface area contributed by atoms with Crippen LogP contribution in [0.15, 0.2) is 42.7 Å². The summed E-state index contributed by atoms with van der Waals surface area (Å²) in [6, 6.07) is 10.4. The summed E-state index contributed by atoms with van der Waals surface area (Å²) in [6.45, 7) is 2.08. The lowest BCUT2D eigenvalue weighted by Crippen LogP contribution is -2.33. The van der Waals surface area contributed by atoms with Crippen molar-refractivity contribution in [2.24, 2.45) is 0 Å². The number of aromatic nitrogens is 2. The number of aromatic amines is 1. The SMILES string of the molecule is Cc1c[nH]c2ncc(-c3cccc(C4(O)CCC4)c3)cc12. The molecule has 2 N–H and O–H groups in total. The molecular weight excluding hydrogens is 260 g/mol. The Morgan fingerprint density at radius 3 is 2.81 bits per heavy atom. The molecule has 1 aliphatic carbocycles. The molecule has 0 atom stereocenters. The monoisotopic (exact) mass is 278 g/mol. The molecule has 0 spiro atoms.